The predicted molar refractivity (Wildman–Crippen MR) is 53.9 cm³/mol. The van der Waals surface area contributed by atoms with Crippen LogP contribution in [0.2, 0.25) is 0 Å². The zero-order chi connectivity index (χ0) is 11.4. The highest BCUT2D eigenvalue weighted by atomic mass is 16.4. The van der Waals surface area contributed by atoms with Gasteiger partial charge in [0.1, 0.15) is 5.54 Å². The summed E-state index contributed by atoms with van der Waals surface area (Å²) in [4.78, 5) is 22.3. The highest BCUT2D eigenvalue weighted by Gasteiger charge is 2.37. The van der Waals surface area contributed by atoms with Gasteiger partial charge in [-0.25, -0.2) is 4.79 Å². The Balaban J connectivity index is 4.54. The second-order valence-corrected chi connectivity index (χ2v) is 3.96. The SMILES string of the molecule is CCCC(=O)NC(C)(C(=O)O)C(C)C. The van der Waals surface area contributed by atoms with Gasteiger partial charge in [-0.1, -0.05) is 20.8 Å². The summed E-state index contributed by atoms with van der Waals surface area (Å²) in [6.45, 7) is 6.97. The van der Waals surface area contributed by atoms with E-state index in [4.69, 9.17) is 5.11 Å². The van der Waals surface area contributed by atoms with Crippen LogP contribution in [0.4, 0.5) is 0 Å². The molecule has 1 atom stereocenters. The first-order valence-electron chi connectivity index (χ1n) is 4.89. The number of nitrogens with one attached hydrogen (secondary N) is 1. The summed E-state index contributed by atoms with van der Waals surface area (Å²) in [6, 6.07) is 0. The molecule has 0 saturated heterocycles. The van der Waals surface area contributed by atoms with Crippen LogP contribution in [-0.4, -0.2) is 22.5 Å². The minimum absolute atomic E-state index is 0.138. The monoisotopic (exact) mass is 201 g/mol. The van der Waals surface area contributed by atoms with E-state index in [1.807, 2.05) is 6.92 Å². The Morgan fingerprint density at radius 2 is 1.93 bits per heavy atom. The summed E-state index contributed by atoms with van der Waals surface area (Å²) in [5.74, 6) is -1.33. The molecule has 0 radical (unpaired) electrons. The van der Waals surface area contributed by atoms with Crippen molar-refractivity contribution < 1.29 is 14.7 Å². The molecule has 14 heavy (non-hydrogen) atoms. The number of carbonyl (C=O) groups is 2. The van der Waals surface area contributed by atoms with E-state index >= 15 is 0 Å². The molecule has 0 aromatic carbocycles. The number of carboxylic acids is 1. The first-order chi connectivity index (χ1) is 6.34. The molecule has 0 aromatic rings. The van der Waals surface area contributed by atoms with E-state index in [1.54, 1.807) is 13.8 Å². The van der Waals surface area contributed by atoms with Crippen LogP contribution >= 0.6 is 0 Å². The van der Waals surface area contributed by atoms with Gasteiger partial charge in [-0.05, 0) is 19.3 Å². The van der Waals surface area contributed by atoms with E-state index in [2.05, 4.69) is 5.32 Å². The summed E-state index contributed by atoms with van der Waals surface area (Å²) in [6.07, 6.45) is 1.09. The molecule has 0 saturated carbocycles. The third-order valence-corrected chi connectivity index (χ3v) is 2.48. The van der Waals surface area contributed by atoms with Crippen LogP contribution in [0.15, 0.2) is 0 Å². The standard InChI is InChI=1S/C10H19NO3/c1-5-6-8(12)11-10(4,7(2)3)9(13)14/h7H,5-6H2,1-4H3,(H,11,12)(H,13,14). The van der Waals surface area contributed by atoms with Crippen molar-refractivity contribution in [2.45, 2.75) is 46.1 Å². The number of hydrogen-bond acceptors (Lipinski definition) is 2. The molecule has 0 spiro atoms. The van der Waals surface area contributed by atoms with Crippen molar-refractivity contribution in [3.05, 3.63) is 0 Å². The molecule has 2 N–H and O–H groups in total. The van der Waals surface area contributed by atoms with Gasteiger partial charge in [0.05, 0.1) is 0 Å². The highest BCUT2D eigenvalue weighted by Crippen LogP contribution is 2.16. The van der Waals surface area contributed by atoms with Crippen LogP contribution in [0.25, 0.3) is 0 Å². The lowest BCUT2D eigenvalue weighted by atomic mass is 9.88. The van der Waals surface area contributed by atoms with E-state index in [-0.39, 0.29) is 11.8 Å². The summed E-state index contributed by atoms with van der Waals surface area (Å²) in [7, 11) is 0. The van der Waals surface area contributed by atoms with Crippen LogP contribution in [0.3, 0.4) is 0 Å². The maximum Gasteiger partial charge on any atom is 0.329 e. The van der Waals surface area contributed by atoms with Crippen molar-refractivity contribution in [2.75, 3.05) is 0 Å². The Bertz CT molecular complexity index is 225. The van der Waals surface area contributed by atoms with Crippen molar-refractivity contribution in [1.82, 2.24) is 5.32 Å². The molecule has 0 aliphatic rings. The van der Waals surface area contributed by atoms with E-state index in [0.29, 0.717) is 6.42 Å². The lowest BCUT2D eigenvalue weighted by molar-refractivity contribution is -0.149. The largest absolute Gasteiger partial charge is 0.480 e. The van der Waals surface area contributed by atoms with Gasteiger partial charge in [0.15, 0.2) is 0 Å². The zero-order valence-electron chi connectivity index (χ0n) is 9.26. The summed E-state index contributed by atoms with van der Waals surface area (Å²) >= 11 is 0. The summed E-state index contributed by atoms with van der Waals surface area (Å²) in [5, 5.41) is 11.6. The molecule has 4 heteroatoms. The molecule has 82 valence electrons. The average Bonchev–Trinajstić information content (AvgIpc) is 2.03. The minimum Gasteiger partial charge on any atom is -0.480 e. The van der Waals surface area contributed by atoms with Gasteiger partial charge in [-0.3, -0.25) is 4.79 Å². The summed E-state index contributed by atoms with van der Waals surface area (Å²) in [5.41, 5.74) is -1.16. The molecular weight excluding hydrogens is 182 g/mol. The molecule has 4 nitrogen and oxygen atoms in total. The molecule has 1 amide bonds. The van der Waals surface area contributed by atoms with Gasteiger partial charge in [-0.2, -0.15) is 0 Å². The number of aliphatic carboxylic acids is 1. The quantitative estimate of drug-likeness (QED) is 0.706. The molecule has 0 aromatic heterocycles. The van der Waals surface area contributed by atoms with Crippen molar-refractivity contribution in [2.24, 2.45) is 5.92 Å². The van der Waals surface area contributed by atoms with E-state index < -0.39 is 11.5 Å². The van der Waals surface area contributed by atoms with Crippen LogP contribution in [-0.2, 0) is 9.59 Å². The molecule has 0 rings (SSSR count). The smallest absolute Gasteiger partial charge is 0.329 e. The van der Waals surface area contributed by atoms with Crippen LogP contribution < -0.4 is 5.32 Å². The Morgan fingerprint density at radius 1 is 1.43 bits per heavy atom. The van der Waals surface area contributed by atoms with Crippen LogP contribution in [0, 0.1) is 5.92 Å². The van der Waals surface area contributed by atoms with Gasteiger partial charge >= 0.3 is 5.97 Å². The number of rotatable bonds is 5. The van der Waals surface area contributed by atoms with E-state index in [0.717, 1.165) is 6.42 Å². The Labute approximate surface area is 84.7 Å². The second-order valence-electron chi connectivity index (χ2n) is 3.96. The van der Waals surface area contributed by atoms with Crippen molar-refractivity contribution >= 4 is 11.9 Å². The van der Waals surface area contributed by atoms with Gasteiger partial charge in [0.25, 0.3) is 0 Å². The third-order valence-electron chi connectivity index (χ3n) is 2.48. The van der Waals surface area contributed by atoms with Gasteiger partial charge < -0.3 is 10.4 Å². The molecule has 0 fully saturated rings. The first kappa shape index (κ1) is 12.9. The Kier molecular flexibility index (Phi) is 4.60. The number of carbonyl (C=O) groups excluding carboxylic acids is 1. The van der Waals surface area contributed by atoms with Crippen molar-refractivity contribution in [3.63, 3.8) is 0 Å². The van der Waals surface area contributed by atoms with Crippen molar-refractivity contribution in [3.8, 4) is 0 Å². The number of hydrogen-bond donors (Lipinski definition) is 2. The Morgan fingerprint density at radius 3 is 2.21 bits per heavy atom. The molecule has 0 aliphatic heterocycles. The average molecular weight is 201 g/mol. The molecule has 1 unspecified atom stereocenters. The van der Waals surface area contributed by atoms with Crippen molar-refractivity contribution in [1.29, 1.82) is 0 Å². The molecular formula is C10H19NO3. The second kappa shape index (κ2) is 4.98. The minimum atomic E-state index is -1.16. The normalized spacial score (nSPS) is 14.9. The number of carboxylic acid groups (broad SMARTS) is 1. The fraction of sp³-hybridized carbons (Fsp3) is 0.800. The third kappa shape index (κ3) is 3.01. The van der Waals surface area contributed by atoms with Crippen LogP contribution in [0.1, 0.15) is 40.5 Å². The fourth-order valence-corrected chi connectivity index (χ4v) is 1.02. The zero-order valence-corrected chi connectivity index (χ0v) is 9.26. The van der Waals surface area contributed by atoms with Crippen LogP contribution in [0.5, 0.6) is 0 Å². The predicted octanol–water partition coefficient (Wildman–Crippen LogP) is 1.40. The van der Waals surface area contributed by atoms with E-state index in [9.17, 15) is 9.59 Å². The van der Waals surface area contributed by atoms with Gasteiger partial charge in [0, 0.05) is 6.42 Å². The lowest BCUT2D eigenvalue weighted by Crippen LogP contribution is -2.55. The number of amides is 1. The highest BCUT2D eigenvalue weighted by molar-refractivity contribution is 5.86. The van der Waals surface area contributed by atoms with Gasteiger partial charge in [-0.15, -0.1) is 0 Å². The Hall–Kier alpha value is -1.06. The molecule has 0 aliphatic carbocycles. The fourth-order valence-electron chi connectivity index (χ4n) is 1.02. The van der Waals surface area contributed by atoms with E-state index in [1.165, 1.54) is 6.92 Å². The lowest BCUT2D eigenvalue weighted by Gasteiger charge is -2.30. The first-order valence-corrected chi connectivity index (χ1v) is 4.89. The summed E-state index contributed by atoms with van der Waals surface area (Å²) < 4.78 is 0. The molecule has 0 bridgehead atoms. The molecule has 0 heterocycles. The maximum atomic E-state index is 11.3. The maximum absolute atomic E-state index is 11.3. The topological polar surface area (TPSA) is 66.4 Å². The van der Waals surface area contributed by atoms with Gasteiger partial charge in [0.2, 0.25) is 5.91 Å².